The first kappa shape index (κ1) is 15.9. The maximum absolute atomic E-state index is 11.0. The minimum absolute atomic E-state index is 0.0277. The second kappa shape index (κ2) is 5.87. The number of aromatic hydroxyl groups is 1. The molecule has 0 spiro atoms. The fourth-order valence-corrected chi connectivity index (χ4v) is 2.85. The number of benzene rings is 1. The van der Waals surface area contributed by atoms with Gasteiger partial charge < -0.3 is 9.66 Å². The van der Waals surface area contributed by atoms with Gasteiger partial charge in [0.15, 0.2) is 0 Å². The van der Waals surface area contributed by atoms with Crippen LogP contribution in [-0.2, 0) is 27.1 Å². The van der Waals surface area contributed by atoms with E-state index in [1.165, 1.54) is 12.1 Å². The molecule has 0 heterocycles. The molecule has 0 aliphatic carbocycles. The first-order valence-corrected chi connectivity index (χ1v) is 7.94. The lowest BCUT2D eigenvalue weighted by molar-refractivity contribution is 0.472. The zero-order valence-corrected chi connectivity index (χ0v) is 12.0. The number of phenolic OH excluding ortho intramolecular Hbond substituents is 1. The molecule has 2 N–H and O–H groups in total. The Balaban J connectivity index is 3.34. The lowest BCUT2D eigenvalue weighted by Gasteiger charge is -2.26. The third-order valence-electron chi connectivity index (χ3n) is 2.51. The standard InChI is InChI=1S/C10H15NO6S2/c1-3-11(18(13)14)9-5-8(6-19(15,16)17)7(2)4-10(9)12/h4-5,12H,3,6H2,1-2H3,(H,13,14)(H,15,16,17)/p-1. The predicted octanol–water partition coefficient (Wildman–Crippen LogP) is 0.709. The van der Waals surface area contributed by atoms with E-state index in [1.54, 1.807) is 13.8 Å². The molecule has 1 aromatic rings. The Morgan fingerprint density at radius 1 is 1.42 bits per heavy atom. The summed E-state index contributed by atoms with van der Waals surface area (Å²) in [6.45, 7) is 3.20. The third-order valence-corrected chi connectivity index (χ3v) is 4.00. The summed E-state index contributed by atoms with van der Waals surface area (Å²) in [6, 6.07) is 2.49. The van der Waals surface area contributed by atoms with Gasteiger partial charge in [0.25, 0.3) is 10.1 Å². The van der Waals surface area contributed by atoms with E-state index < -0.39 is 27.1 Å². The van der Waals surface area contributed by atoms with Crippen LogP contribution in [0.5, 0.6) is 5.75 Å². The molecule has 0 aliphatic heterocycles. The summed E-state index contributed by atoms with van der Waals surface area (Å²) in [6.07, 6.45) is 0. The van der Waals surface area contributed by atoms with E-state index in [1.807, 2.05) is 0 Å². The number of anilines is 1. The summed E-state index contributed by atoms with van der Waals surface area (Å²) in [7, 11) is -4.24. The minimum Gasteiger partial charge on any atom is -0.755 e. The van der Waals surface area contributed by atoms with Crippen LogP contribution in [0.3, 0.4) is 0 Å². The zero-order valence-electron chi connectivity index (χ0n) is 10.4. The quantitative estimate of drug-likeness (QED) is 0.611. The van der Waals surface area contributed by atoms with Crippen molar-refractivity contribution in [2.75, 3.05) is 10.8 Å². The molecule has 0 aromatic heterocycles. The SMILES string of the molecule is CCN(c1cc(CS(=O)(=O)O)c(C)cc1O)S(=O)[O-]. The molecular weight excluding hydrogens is 294 g/mol. The van der Waals surface area contributed by atoms with Crippen LogP contribution >= 0.6 is 0 Å². The summed E-state index contributed by atoms with van der Waals surface area (Å²) >= 11 is -2.59. The van der Waals surface area contributed by atoms with E-state index in [-0.39, 0.29) is 23.5 Å². The number of phenols is 1. The van der Waals surface area contributed by atoms with E-state index in [0.29, 0.717) is 5.56 Å². The molecule has 1 aromatic carbocycles. The second-order valence-corrected chi connectivity index (χ2v) is 6.23. The van der Waals surface area contributed by atoms with E-state index >= 15 is 0 Å². The lowest BCUT2D eigenvalue weighted by Crippen LogP contribution is -2.25. The van der Waals surface area contributed by atoms with Crippen LogP contribution in [0.1, 0.15) is 18.1 Å². The first-order valence-electron chi connectivity index (χ1n) is 5.30. The number of hydrogen-bond acceptors (Lipinski definition) is 5. The van der Waals surface area contributed by atoms with Crippen LogP contribution in [0.2, 0.25) is 0 Å². The molecule has 0 aliphatic rings. The Morgan fingerprint density at radius 2 is 2.00 bits per heavy atom. The van der Waals surface area contributed by atoms with Gasteiger partial charge in [0.05, 0.1) is 5.69 Å². The number of rotatable bonds is 5. The zero-order chi connectivity index (χ0) is 14.8. The van der Waals surface area contributed by atoms with Gasteiger partial charge in [-0.1, -0.05) is 0 Å². The normalized spacial score (nSPS) is 13.3. The summed E-state index contributed by atoms with van der Waals surface area (Å²) in [5.41, 5.74) is 0.630. The molecule has 9 heteroatoms. The molecule has 1 atom stereocenters. The summed E-state index contributed by atoms with van der Waals surface area (Å²) in [4.78, 5) is 0. The maximum atomic E-state index is 11.0. The predicted molar refractivity (Wildman–Crippen MR) is 70.0 cm³/mol. The van der Waals surface area contributed by atoms with Gasteiger partial charge in [-0.15, -0.1) is 0 Å². The van der Waals surface area contributed by atoms with Gasteiger partial charge in [0.2, 0.25) is 0 Å². The van der Waals surface area contributed by atoms with Crippen molar-refractivity contribution in [3.8, 4) is 5.75 Å². The molecule has 0 saturated carbocycles. The molecule has 0 fully saturated rings. The first-order chi connectivity index (χ1) is 8.65. The average Bonchev–Trinajstić information content (AvgIpc) is 2.23. The molecule has 108 valence electrons. The van der Waals surface area contributed by atoms with Crippen molar-refractivity contribution < 1.29 is 26.8 Å². The molecular formula is C10H14NO6S2-. The Labute approximate surface area is 114 Å². The monoisotopic (exact) mass is 308 g/mol. The molecule has 7 nitrogen and oxygen atoms in total. The van der Waals surface area contributed by atoms with Gasteiger partial charge in [-0.25, -0.2) is 0 Å². The fourth-order valence-electron chi connectivity index (χ4n) is 1.63. The van der Waals surface area contributed by atoms with Crippen LogP contribution in [0.25, 0.3) is 0 Å². The van der Waals surface area contributed by atoms with Crippen molar-refractivity contribution in [3.63, 3.8) is 0 Å². The Hall–Kier alpha value is -1.16. The van der Waals surface area contributed by atoms with Crippen LogP contribution in [0.15, 0.2) is 12.1 Å². The molecule has 0 amide bonds. The Bertz CT molecular complexity index is 598. The molecule has 1 unspecified atom stereocenters. The average molecular weight is 308 g/mol. The highest BCUT2D eigenvalue weighted by Crippen LogP contribution is 2.31. The van der Waals surface area contributed by atoms with Crippen molar-refractivity contribution in [2.45, 2.75) is 19.6 Å². The summed E-state index contributed by atoms with van der Waals surface area (Å²) in [5.74, 6) is -0.919. The van der Waals surface area contributed by atoms with Gasteiger partial charge in [-0.2, -0.15) is 8.42 Å². The third kappa shape index (κ3) is 4.16. The van der Waals surface area contributed by atoms with Crippen molar-refractivity contribution >= 4 is 27.1 Å². The topological polar surface area (TPSA) is 118 Å². The highest BCUT2D eigenvalue weighted by atomic mass is 32.2. The smallest absolute Gasteiger partial charge is 0.269 e. The summed E-state index contributed by atoms with van der Waals surface area (Å²) < 4.78 is 53.5. The van der Waals surface area contributed by atoms with Gasteiger partial charge in [-0.05, 0) is 37.1 Å². The van der Waals surface area contributed by atoms with Gasteiger partial charge in [0, 0.05) is 17.8 Å². The van der Waals surface area contributed by atoms with Gasteiger partial charge in [-0.3, -0.25) is 13.1 Å². The van der Waals surface area contributed by atoms with Crippen LogP contribution < -0.4 is 4.31 Å². The number of hydrogen-bond donors (Lipinski definition) is 2. The van der Waals surface area contributed by atoms with Crippen molar-refractivity contribution in [2.24, 2.45) is 0 Å². The van der Waals surface area contributed by atoms with Crippen LogP contribution in [0, 0.1) is 6.92 Å². The highest BCUT2D eigenvalue weighted by Gasteiger charge is 2.16. The largest absolute Gasteiger partial charge is 0.755 e. The van der Waals surface area contributed by atoms with Crippen LogP contribution in [-0.4, -0.2) is 33.4 Å². The van der Waals surface area contributed by atoms with E-state index in [4.69, 9.17) is 4.55 Å². The Morgan fingerprint density at radius 3 is 2.42 bits per heavy atom. The van der Waals surface area contributed by atoms with Gasteiger partial charge >= 0.3 is 0 Å². The minimum atomic E-state index is -4.24. The van der Waals surface area contributed by atoms with Crippen molar-refractivity contribution in [1.82, 2.24) is 0 Å². The summed E-state index contributed by atoms with van der Waals surface area (Å²) in [5, 5.41) is 9.74. The number of nitrogens with zero attached hydrogens (tertiary/aromatic N) is 1. The second-order valence-electron chi connectivity index (χ2n) is 3.91. The Kier molecular flexibility index (Phi) is 4.91. The molecule has 19 heavy (non-hydrogen) atoms. The van der Waals surface area contributed by atoms with E-state index in [9.17, 15) is 22.3 Å². The van der Waals surface area contributed by atoms with Gasteiger partial charge in [0.1, 0.15) is 11.5 Å². The lowest BCUT2D eigenvalue weighted by atomic mass is 10.1. The van der Waals surface area contributed by atoms with E-state index in [2.05, 4.69) is 0 Å². The number of aryl methyl sites for hydroxylation is 1. The van der Waals surface area contributed by atoms with E-state index in [0.717, 1.165) is 4.31 Å². The van der Waals surface area contributed by atoms with Crippen molar-refractivity contribution in [1.29, 1.82) is 0 Å². The van der Waals surface area contributed by atoms with Crippen LogP contribution in [0.4, 0.5) is 5.69 Å². The molecule has 1 rings (SSSR count). The molecule has 0 saturated heterocycles. The highest BCUT2D eigenvalue weighted by molar-refractivity contribution is 7.85. The maximum Gasteiger partial charge on any atom is 0.269 e. The fraction of sp³-hybridized carbons (Fsp3) is 0.400. The van der Waals surface area contributed by atoms with Crippen molar-refractivity contribution in [3.05, 3.63) is 23.3 Å². The molecule has 0 bridgehead atoms. The molecule has 0 radical (unpaired) electrons.